The summed E-state index contributed by atoms with van der Waals surface area (Å²) in [5.74, 6) is 3.36. The van der Waals surface area contributed by atoms with Crippen LogP contribution in [0.4, 0.5) is 0 Å². The number of nitrogens with zero attached hydrogens (tertiary/aromatic N) is 4. The second kappa shape index (κ2) is 25.3. The van der Waals surface area contributed by atoms with E-state index in [0.29, 0.717) is 10.9 Å². The van der Waals surface area contributed by atoms with Gasteiger partial charge in [-0.05, 0) is 107 Å². The molecule has 0 amide bonds. The van der Waals surface area contributed by atoms with Crippen molar-refractivity contribution in [3.8, 4) is 11.5 Å². The molecule has 0 aliphatic rings. The molecule has 10 nitrogen and oxygen atoms in total. The Hall–Kier alpha value is -2.07. The topological polar surface area (TPSA) is 136 Å². The van der Waals surface area contributed by atoms with Gasteiger partial charge in [-0.2, -0.15) is 4.73 Å². The van der Waals surface area contributed by atoms with E-state index in [9.17, 15) is 9.76 Å². The van der Waals surface area contributed by atoms with E-state index in [4.69, 9.17) is 9.47 Å². The number of rotatable bonds is 6. The van der Waals surface area contributed by atoms with Crippen LogP contribution in [0, 0.1) is 60.6 Å². The molecular formula is C40H59I3N6O4S2. The quantitative estimate of drug-likeness (QED) is 0.0649. The maximum absolute atomic E-state index is 11.1. The number of H-pyrrole nitrogens is 2. The predicted molar refractivity (Wildman–Crippen MR) is 264 cm³/mol. The van der Waals surface area contributed by atoms with Gasteiger partial charge in [-0.1, -0.05) is 43.3 Å². The van der Waals surface area contributed by atoms with Crippen LogP contribution in [0.5, 0.6) is 11.5 Å². The normalized spacial score (nSPS) is 11.6. The van der Waals surface area contributed by atoms with Gasteiger partial charge in [-0.25, -0.2) is 9.97 Å². The number of aromatic amines is 2. The molecule has 3 N–H and O–H groups in total. The lowest BCUT2D eigenvalue weighted by Crippen LogP contribution is -2.31. The molecule has 4 aromatic heterocycles. The van der Waals surface area contributed by atoms with Crippen molar-refractivity contribution in [2.45, 2.75) is 87.0 Å². The van der Waals surface area contributed by atoms with Crippen LogP contribution in [0.1, 0.15) is 66.0 Å². The Kier molecular flexibility index (Phi) is 24.4. The Morgan fingerprint density at radius 2 is 1.31 bits per heavy atom. The van der Waals surface area contributed by atoms with E-state index in [2.05, 4.69) is 89.8 Å². The molecule has 0 spiro atoms. The zero-order valence-corrected chi connectivity index (χ0v) is 41.8. The first-order valence-electron chi connectivity index (χ1n) is 17.0. The Morgan fingerprint density at radius 3 is 1.80 bits per heavy atom. The zero-order chi connectivity index (χ0) is 40.0. The Labute approximate surface area is 374 Å². The van der Waals surface area contributed by atoms with Crippen LogP contribution in [0.3, 0.4) is 0 Å². The summed E-state index contributed by atoms with van der Waals surface area (Å²) < 4.78 is 21.4. The monoisotopic (exact) mass is 1130 g/mol. The van der Waals surface area contributed by atoms with E-state index < -0.39 is 10.3 Å². The molecule has 15 heteroatoms. The lowest BCUT2D eigenvalue weighted by Gasteiger charge is -2.23. The van der Waals surface area contributed by atoms with Crippen molar-refractivity contribution in [1.82, 2.24) is 24.9 Å². The van der Waals surface area contributed by atoms with Gasteiger partial charge in [0.1, 0.15) is 11.5 Å². The predicted octanol–water partition coefficient (Wildman–Crippen LogP) is 12.4. The minimum Gasteiger partial charge on any atom is -0.618 e. The summed E-state index contributed by atoms with van der Waals surface area (Å²) >= 11 is 5.95. The fraction of sp³-hybridized carbons (Fsp3) is 0.400. The van der Waals surface area contributed by atoms with Crippen LogP contribution in [0.15, 0.2) is 59.1 Å². The average Bonchev–Trinajstić information content (AvgIpc) is 3.79. The summed E-state index contributed by atoms with van der Waals surface area (Å²) in [7, 11) is 1.51. The van der Waals surface area contributed by atoms with Crippen LogP contribution >= 0.6 is 83.3 Å². The average molecular weight is 1130 g/mol. The van der Waals surface area contributed by atoms with Gasteiger partial charge in [0, 0.05) is 85.1 Å². The second-order valence-electron chi connectivity index (χ2n) is 12.4. The number of pyridine rings is 2. The number of hydrogen-bond acceptors (Lipinski definition) is 8. The van der Waals surface area contributed by atoms with Gasteiger partial charge < -0.3 is 29.2 Å². The van der Waals surface area contributed by atoms with Gasteiger partial charge in [-0.15, -0.1) is 24.0 Å². The first-order chi connectivity index (χ1) is 25.1. The van der Waals surface area contributed by atoms with Gasteiger partial charge in [0.15, 0.2) is 22.2 Å². The molecule has 0 saturated heterocycles. The van der Waals surface area contributed by atoms with Gasteiger partial charge in [0.25, 0.3) is 0 Å². The summed E-state index contributed by atoms with van der Waals surface area (Å²) in [6.45, 7) is 20.3. The zero-order valence-electron chi connectivity index (χ0n) is 33.5. The second-order valence-corrected chi connectivity index (χ2v) is 16.7. The van der Waals surface area contributed by atoms with Crippen molar-refractivity contribution in [3.05, 3.63) is 98.8 Å². The molecule has 2 aromatic carbocycles. The first kappa shape index (κ1) is 52.9. The smallest absolute Gasteiger partial charge is 0.192 e. The van der Waals surface area contributed by atoms with Crippen molar-refractivity contribution in [3.63, 3.8) is 0 Å². The molecule has 55 heavy (non-hydrogen) atoms. The third-order valence-electron chi connectivity index (χ3n) is 9.08. The highest BCUT2D eigenvalue weighted by molar-refractivity contribution is 15.0. The van der Waals surface area contributed by atoms with E-state index in [1.807, 2.05) is 90.4 Å². The number of aromatic nitrogens is 6. The molecular weight excluding hydrogens is 1070 g/mol. The largest absolute Gasteiger partial charge is 0.618 e. The fourth-order valence-electron chi connectivity index (χ4n) is 4.79. The third kappa shape index (κ3) is 15.0. The minimum absolute atomic E-state index is 0. The molecule has 0 aliphatic carbocycles. The Bertz CT molecular complexity index is 2040. The van der Waals surface area contributed by atoms with E-state index in [1.165, 1.54) is 22.3 Å². The SMILES string of the molecule is C.CCS(C)(O)c1nc2ccc(OC)cc2[nH]1.CCSc1nc2ccc(OC)cc2[nH]1.Cc1c[n+]([O-])c(C)c(C)c1C.Cc1cnc(C)c(C)c1C.I.II. The lowest BCUT2D eigenvalue weighted by molar-refractivity contribution is -0.613. The third-order valence-corrected chi connectivity index (χ3v) is 12.0. The Balaban J connectivity index is 0.000000698. The summed E-state index contributed by atoms with van der Waals surface area (Å²) in [6.07, 6.45) is 5.39. The Morgan fingerprint density at radius 1 is 0.800 bits per heavy atom. The number of benzene rings is 2. The van der Waals surface area contributed by atoms with Crippen molar-refractivity contribution >= 4 is 105 Å². The van der Waals surface area contributed by atoms with Gasteiger partial charge in [0.05, 0.1) is 36.3 Å². The first-order valence-corrected chi connectivity index (χ1v) is 26.4. The lowest BCUT2D eigenvalue weighted by atomic mass is 10.1. The molecule has 6 rings (SSSR count). The van der Waals surface area contributed by atoms with E-state index in [0.717, 1.165) is 71.7 Å². The number of hydrogen-bond donors (Lipinski definition) is 3. The number of ether oxygens (including phenoxy) is 2. The summed E-state index contributed by atoms with van der Waals surface area (Å²) in [5, 5.41) is 12.8. The fourth-order valence-corrected chi connectivity index (χ4v) is 6.31. The molecule has 0 saturated carbocycles. The van der Waals surface area contributed by atoms with Crippen molar-refractivity contribution in [2.24, 2.45) is 0 Å². The highest BCUT2D eigenvalue weighted by Crippen LogP contribution is 2.46. The van der Waals surface area contributed by atoms with Crippen molar-refractivity contribution in [2.75, 3.05) is 32.0 Å². The molecule has 6 aromatic rings. The maximum atomic E-state index is 11.1. The van der Waals surface area contributed by atoms with Gasteiger partial charge >= 0.3 is 0 Å². The van der Waals surface area contributed by atoms with Gasteiger partial charge in [-0.3, -0.25) is 4.98 Å². The molecule has 4 heterocycles. The molecule has 1 atom stereocenters. The number of halogens is 3. The van der Waals surface area contributed by atoms with Crippen LogP contribution in [-0.2, 0) is 0 Å². The molecule has 1 unspecified atom stereocenters. The van der Waals surface area contributed by atoms with Crippen LogP contribution in [-0.4, -0.2) is 61.5 Å². The molecule has 0 aliphatic heterocycles. The van der Waals surface area contributed by atoms with E-state index >= 15 is 0 Å². The number of aryl methyl sites for hydroxylation is 3. The standard InChI is InChI=1S/C11H16N2O2S.C10H12N2OS.C9H13NO.C9H13N.CH4.I2.HI/c1-4-16(3,14)11-12-9-6-5-8(15-2)7-10(9)13-11;1-3-14-10-11-8-5-4-7(13-2)6-9(8)12-10;1-6-5-10(11)9(4)8(3)7(6)2;1-6-5-10-9(4)8(3)7(6)2;;1-2;/h5-7,14H,4H2,1-3H3,(H,12,13);4-6H,3H2,1-2H3,(H,11,12);5H,1-4H3;5H,1-4H3;1H4;;1H. The van der Waals surface area contributed by atoms with Crippen LogP contribution in [0.25, 0.3) is 22.1 Å². The number of fused-ring (bicyclic) bond motifs is 2. The summed E-state index contributed by atoms with van der Waals surface area (Å²) in [5.41, 5.74) is 13.1. The van der Waals surface area contributed by atoms with Crippen LogP contribution in [0.2, 0.25) is 0 Å². The number of thioether (sulfide) groups is 1. The van der Waals surface area contributed by atoms with E-state index in [-0.39, 0.29) is 31.4 Å². The molecule has 306 valence electrons. The number of methoxy groups -OCH3 is 2. The summed E-state index contributed by atoms with van der Waals surface area (Å²) in [4.78, 5) is 19.5. The van der Waals surface area contributed by atoms with Crippen LogP contribution < -0.4 is 14.2 Å². The maximum Gasteiger partial charge on any atom is 0.192 e. The highest BCUT2D eigenvalue weighted by Gasteiger charge is 2.19. The number of nitrogens with one attached hydrogen (secondary N) is 2. The van der Waals surface area contributed by atoms with Gasteiger partial charge in [0.2, 0.25) is 0 Å². The number of imidazole rings is 2. The molecule has 0 bridgehead atoms. The minimum atomic E-state index is -1.79. The molecule has 0 radical (unpaired) electrons. The van der Waals surface area contributed by atoms with Crippen molar-refractivity contribution in [1.29, 1.82) is 0 Å². The summed E-state index contributed by atoms with van der Waals surface area (Å²) in [6, 6.07) is 11.5. The molecule has 0 fully saturated rings. The van der Waals surface area contributed by atoms with E-state index in [1.54, 1.807) is 32.2 Å². The highest BCUT2D eigenvalue weighted by atomic mass is 128. The van der Waals surface area contributed by atoms with Crippen molar-refractivity contribution < 1.29 is 18.8 Å².